The molecule has 17 heavy (non-hydrogen) atoms. The summed E-state index contributed by atoms with van der Waals surface area (Å²) in [5, 5.41) is 5.90. The van der Waals surface area contributed by atoms with Crippen LogP contribution in [-0.2, 0) is 11.3 Å². The van der Waals surface area contributed by atoms with Crippen molar-refractivity contribution in [1.29, 1.82) is 0 Å². The number of hydrogen-bond donors (Lipinski definition) is 2. The fourth-order valence-electron chi connectivity index (χ4n) is 1.46. The Kier molecular flexibility index (Phi) is 5.63. The number of hydrogen-bond acceptors (Lipinski definition) is 2. The predicted molar refractivity (Wildman–Crippen MR) is 66.0 cm³/mol. The van der Waals surface area contributed by atoms with Crippen LogP contribution in [0.3, 0.4) is 0 Å². The Bertz CT molecular complexity index is 368. The summed E-state index contributed by atoms with van der Waals surface area (Å²) in [4.78, 5) is 11.7. The van der Waals surface area contributed by atoms with Crippen LogP contribution in [0.15, 0.2) is 24.3 Å². The lowest BCUT2D eigenvalue weighted by atomic mass is 10.1. The smallest absolute Gasteiger partial charge is 0.224 e. The first-order valence-electron chi connectivity index (χ1n) is 5.86. The van der Waals surface area contributed by atoms with Crippen LogP contribution in [0.2, 0.25) is 0 Å². The second kappa shape index (κ2) is 7.01. The molecule has 0 fully saturated rings. The van der Waals surface area contributed by atoms with Gasteiger partial charge in [0.1, 0.15) is 5.82 Å². The van der Waals surface area contributed by atoms with Crippen molar-refractivity contribution in [1.82, 2.24) is 10.6 Å². The van der Waals surface area contributed by atoms with Crippen molar-refractivity contribution in [2.45, 2.75) is 20.4 Å². The third kappa shape index (κ3) is 4.95. The lowest BCUT2D eigenvalue weighted by Gasteiger charge is -2.12. The van der Waals surface area contributed by atoms with Crippen molar-refractivity contribution in [3.8, 4) is 0 Å². The zero-order chi connectivity index (χ0) is 12.7. The molecule has 1 amide bonds. The molecule has 0 heterocycles. The summed E-state index contributed by atoms with van der Waals surface area (Å²) in [6.07, 6.45) is 0. The summed E-state index contributed by atoms with van der Waals surface area (Å²) in [5.74, 6) is -0.379. The minimum Gasteiger partial charge on any atom is -0.352 e. The first-order chi connectivity index (χ1) is 8.13. The Morgan fingerprint density at radius 2 is 2.24 bits per heavy atom. The van der Waals surface area contributed by atoms with Gasteiger partial charge in [-0.25, -0.2) is 4.39 Å². The summed E-state index contributed by atoms with van der Waals surface area (Å²) >= 11 is 0. The molecule has 2 N–H and O–H groups in total. The van der Waals surface area contributed by atoms with Crippen LogP contribution in [0.5, 0.6) is 0 Å². The quantitative estimate of drug-likeness (QED) is 0.792. The van der Waals surface area contributed by atoms with Gasteiger partial charge in [-0.05, 0) is 24.2 Å². The molecule has 1 aromatic carbocycles. The third-order valence-electron chi connectivity index (χ3n) is 2.50. The molecule has 4 heteroatoms. The molecule has 0 radical (unpaired) electrons. The normalized spacial score (nSPS) is 12.2. The lowest BCUT2D eigenvalue weighted by Crippen LogP contribution is -2.34. The van der Waals surface area contributed by atoms with Gasteiger partial charge < -0.3 is 10.6 Å². The molecule has 1 unspecified atom stereocenters. The lowest BCUT2D eigenvalue weighted by molar-refractivity contribution is -0.124. The van der Waals surface area contributed by atoms with Crippen molar-refractivity contribution in [3.63, 3.8) is 0 Å². The summed E-state index contributed by atoms with van der Waals surface area (Å²) in [6, 6.07) is 6.24. The second-order valence-electron chi connectivity index (χ2n) is 4.06. The Labute approximate surface area is 101 Å². The fourth-order valence-corrected chi connectivity index (χ4v) is 1.46. The summed E-state index contributed by atoms with van der Waals surface area (Å²) < 4.78 is 12.9. The highest BCUT2D eigenvalue weighted by Gasteiger charge is 2.11. The molecule has 0 spiro atoms. The average Bonchev–Trinajstić information content (AvgIpc) is 2.33. The zero-order valence-corrected chi connectivity index (χ0v) is 10.3. The van der Waals surface area contributed by atoms with E-state index in [0.29, 0.717) is 13.1 Å². The molecule has 0 aromatic heterocycles. The van der Waals surface area contributed by atoms with Crippen LogP contribution in [0.25, 0.3) is 0 Å². The van der Waals surface area contributed by atoms with E-state index >= 15 is 0 Å². The third-order valence-corrected chi connectivity index (χ3v) is 2.50. The van der Waals surface area contributed by atoms with Crippen molar-refractivity contribution >= 4 is 5.91 Å². The molecular formula is C13H19FN2O. The van der Waals surface area contributed by atoms with Crippen LogP contribution in [0.4, 0.5) is 4.39 Å². The molecule has 3 nitrogen and oxygen atoms in total. The largest absolute Gasteiger partial charge is 0.352 e. The van der Waals surface area contributed by atoms with Crippen molar-refractivity contribution in [2.24, 2.45) is 5.92 Å². The Morgan fingerprint density at radius 3 is 2.88 bits per heavy atom. The number of rotatable bonds is 6. The van der Waals surface area contributed by atoms with Gasteiger partial charge in [-0.15, -0.1) is 0 Å². The van der Waals surface area contributed by atoms with Crippen LogP contribution in [-0.4, -0.2) is 19.0 Å². The highest BCUT2D eigenvalue weighted by Crippen LogP contribution is 2.03. The molecule has 1 atom stereocenters. The van der Waals surface area contributed by atoms with Gasteiger partial charge in [-0.2, -0.15) is 0 Å². The van der Waals surface area contributed by atoms with Crippen molar-refractivity contribution in [2.75, 3.05) is 13.1 Å². The van der Waals surface area contributed by atoms with Gasteiger partial charge in [0, 0.05) is 19.0 Å². The Balaban J connectivity index is 2.37. The number of amides is 1. The maximum absolute atomic E-state index is 12.9. The molecule has 0 saturated carbocycles. The molecule has 0 aliphatic rings. The summed E-state index contributed by atoms with van der Waals surface area (Å²) in [7, 11) is 0. The highest BCUT2D eigenvalue weighted by molar-refractivity contribution is 5.78. The summed E-state index contributed by atoms with van der Waals surface area (Å²) in [6.45, 7) is 5.74. The van der Waals surface area contributed by atoms with E-state index < -0.39 is 0 Å². The molecular weight excluding hydrogens is 219 g/mol. The van der Waals surface area contributed by atoms with Crippen LogP contribution < -0.4 is 10.6 Å². The van der Waals surface area contributed by atoms with E-state index in [9.17, 15) is 9.18 Å². The molecule has 1 aromatic rings. The predicted octanol–water partition coefficient (Wildman–Crippen LogP) is 1.69. The second-order valence-corrected chi connectivity index (χ2v) is 4.06. The van der Waals surface area contributed by atoms with Crippen LogP contribution >= 0.6 is 0 Å². The maximum Gasteiger partial charge on any atom is 0.224 e. The van der Waals surface area contributed by atoms with Crippen LogP contribution in [0.1, 0.15) is 19.4 Å². The number of nitrogens with one attached hydrogen (secondary N) is 2. The molecule has 0 aliphatic heterocycles. The number of benzene rings is 1. The van der Waals surface area contributed by atoms with Gasteiger partial charge in [0.25, 0.3) is 0 Å². The van der Waals surface area contributed by atoms with Gasteiger partial charge in [-0.3, -0.25) is 4.79 Å². The van der Waals surface area contributed by atoms with Crippen molar-refractivity contribution < 1.29 is 9.18 Å². The van der Waals surface area contributed by atoms with E-state index in [-0.39, 0.29) is 17.6 Å². The number of carbonyl (C=O) groups excluding carboxylic acids is 1. The van der Waals surface area contributed by atoms with Crippen LogP contribution in [0, 0.1) is 11.7 Å². The fraction of sp³-hybridized carbons (Fsp3) is 0.462. The average molecular weight is 238 g/mol. The van der Waals surface area contributed by atoms with E-state index in [0.717, 1.165) is 12.1 Å². The van der Waals surface area contributed by atoms with E-state index in [2.05, 4.69) is 10.6 Å². The number of carbonyl (C=O) groups is 1. The Hall–Kier alpha value is -1.42. The molecule has 1 rings (SSSR count). The molecule has 0 saturated heterocycles. The van der Waals surface area contributed by atoms with Crippen molar-refractivity contribution in [3.05, 3.63) is 35.6 Å². The Morgan fingerprint density at radius 1 is 1.47 bits per heavy atom. The first kappa shape index (κ1) is 13.6. The SMILES string of the molecule is CCNCC(C)C(=O)NCc1cccc(F)c1. The van der Waals surface area contributed by atoms with E-state index in [1.54, 1.807) is 12.1 Å². The minimum atomic E-state index is -0.280. The van der Waals surface area contributed by atoms with Gasteiger partial charge in [-0.1, -0.05) is 26.0 Å². The standard InChI is InChI=1S/C13H19FN2O/c1-3-15-8-10(2)13(17)16-9-11-5-4-6-12(14)7-11/h4-7,10,15H,3,8-9H2,1-2H3,(H,16,17). The molecule has 94 valence electrons. The minimum absolute atomic E-state index is 0.0183. The van der Waals surface area contributed by atoms with Gasteiger partial charge in [0.05, 0.1) is 0 Å². The molecule has 0 aliphatic carbocycles. The zero-order valence-electron chi connectivity index (χ0n) is 10.3. The highest BCUT2D eigenvalue weighted by atomic mass is 19.1. The number of halogens is 1. The maximum atomic E-state index is 12.9. The van der Waals surface area contributed by atoms with E-state index in [1.807, 2.05) is 13.8 Å². The monoisotopic (exact) mass is 238 g/mol. The van der Waals surface area contributed by atoms with Gasteiger partial charge >= 0.3 is 0 Å². The van der Waals surface area contributed by atoms with E-state index in [1.165, 1.54) is 12.1 Å². The summed E-state index contributed by atoms with van der Waals surface area (Å²) in [5.41, 5.74) is 0.772. The van der Waals surface area contributed by atoms with E-state index in [4.69, 9.17) is 0 Å². The topological polar surface area (TPSA) is 41.1 Å². The first-order valence-corrected chi connectivity index (χ1v) is 5.86. The van der Waals surface area contributed by atoms with Gasteiger partial charge in [0.2, 0.25) is 5.91 Å². The van der Waals surface area contributed by atoms with Gasteiger partial charge in [0.15, 0.2) is 0 Å². The molecule has 0 bridgehead atoms.